The molecule has 182 valence electrons. The minimum Gasteiger partial charge on any atom is -0.488 e. The highest BCUT2D eigenvalue weighted by Crippen LogP contribution is 2.34. The van der Waals surface area contributed by atoms with Crippen LogP contribution in [0.1, 0.15) is 43.7 Å². The number of nitrogens with zero attached hydrogens (tertiary/aromatic N) is 2. The first-order valence-electron chi connectivity index (χ1n) is 11.5. The van der Waals surface area contributed by atoms with Crippen molar-refractivity contribution in [3.63, 3.8) is 0 Å². The molecule has 4 aromatic rings. The number of halogens is 1. The summed E-state index contributed by atoms with van der Waals surface area (Å²) in [6.07, 6.45) is 9.41. The lowest BCUT2D eigenvalue weighted by atomic mass is 9.92. The van der Waals surface area contributed by atoms with E-state index in [0.29, 0.717) is 39.5 Å². The van der Waals surface area contributed by atoms with Gasteiger partial charge in [-0.05, 0) is 59.9 Å². The van der Waals surface area contributed by atoms with E-state index in [-0.39, 0.29) is 13.2 Å². The molecule has 0 aliphatic rings. The summed E-state index contributed by atoms with van der Waals surface area (Å²) < 4.78 is 11.9. The maximum absolute atomic E-state index is 11.6. The molecule has 0 amide bonds. The number of carbonyl (C=O) groups is 1. The van der Waals surface area contributed by atoms with E-state index in [1.54, 1.807) is 18.3 Å². The largest absolute Gasteiger partial charge is 0.488 e. The van der Waals surface area contributed by atoms with Gasteiger partial charge >= 0.3 is 0 Å². The van der Waals surface area contributed by atoms with Crippen molar-refractivity contribution in [2.45, 2.75) is 27.1 Å². The molecule has 37 heavy (non-hydrogen) atoms. The fourth-order valence-electron chi connectivity index (χ4n) is 4.04. The second-order valence-electron chi connectivity index (χ2n) is 8.42. The Morgan fingerprint density at radius 1 is 0.973 bits per heavy atom. The maximum Gasteiger partial charge on any atom is 0.153 e. The minimum absolute atomic E-state index is 0.127. The van der Waals surface area contributed by atoms with Crippen LogP contribution in [0.3, 0.4) is 0 Å². The van der Waals surface area contributed by atoms with Gasteiger partial charge in [-0.25, -0.2) is 0 Å². The molecule has 0 aliphatic carbocycles. The molecular weight excluding hydrogens is 484 g/mol. The molecule has 4 rings (SSSR count). The first-order valence-corrected chi connectivity index (χ1v) is 11.9. The van der Waals surface area contributed by atoms with Crippen molar-refractivity contribution in [1.29, 1.82) is 5.26 Å². The summed E-state index contributed by atoms with van der Waals surface area (Å²) in [6.45, 7) is 4.46. The van der Waals surface area contributed by atoms with E-state index in [0.717, 1.165) is 33.4 Å². The van der Waals surface area contributed by atoms with E-state index in [4.69, 9.17) is 32.8 Å². The van der Waals surface area contributed by atoms with Gasteiger partial charge in [0.2, 0.25) is 0 Å². The Morgan fingerprint density at radius 3 is 2.43 bits per heavy atom. The van der Waals surface area contributed by atoms with Crippen LogP contribution >= 0.6 is 11.6 Å². The zero-order valence-electron chi connectivity index (χ0n) is 20.4. The number of rotatable bonds is 8. The van der Waals surface area contributed by atoms with Gasteiger partial charge in [0, 0.05) is 29.6 Å². The van der Waals surface area contributed by atoms with Gasteiger partial charge in [0.05, 0.1) is 16.1 Å². The summed E-state index contributed by atoms with van der Waals surface area (Å²) in [5, 5.41) is 9.37. The summed E-state index contributed by atoms with van der Waals surface area (Å²) in [5.74, 6) is 3.45. The molecule has 0 spiro atoms. The molecule has 6 heteroatoms. The highest BCUT2D eigenvalue weighted by atomic mass is 35.5. The number of hydrogen-bond acceptors (Lipinski definition) is 5. The van der Waals surface area contributed by atoms with E-state index in [1.165, 1.54) is 12.3 Å². The second kappa shape index (κ2) is 11.4. The lowest BCUT2D eigenvalue weighted by molar-refractivity contribution is 0.111. The Kier molecular flexibility index (Phi) is 7.89. The molecule has 0 bridgehead atoms. The minimum atomic E-state index is 0.127. The third-order valence-corrected chi connectivity index (χ3v) is 6.41. The van der Waals surface area contributed by atoms with Gasteiger partial charge in [-0.3, -0.25) is 9.78 Å². The normalized spacial score (nSPS) is 10.3. The standard InChI is InChI=1S/C31H23ClN2O3/c1-4-24-7-5-9-27(20(24)2)28-10-6-8-25(21(28)3)19-37-31-13-30(26(17-35)12-29(31)32)36-18-23-11-22(14-33)15-34-16-23/h1,5-13,15-17H,18-19H2,2-3H3. The van der Waals surface area contributed by atoms with Crippen molar-refractivity contribution in [3.8, 4) is 41.0 Å². The van der Waals surface area contributed by atoms with Crippen molar-refractivity contribution >= 4 is 17.9 Å². The van der Waals surface area contributed by atoms with Gasteiger partial charge in [-0.15, -0.1) is 6.42 Å². The molecule has 0 atom stereocenters. The van der Waals surface area contributed by atoms with E-state index < -0.39 is 0 Å². The summed E-state index contributed by atoms with van der Waals surface area (Å²) in [6, 6.07) is 18.8. The number of aldehydes is 1. The van der Waals surface area contributed by atoms with Crippen LogP contribution in [0, 0.1) is 37.5 Å². The number of pyridine rings is 1. The average molecular weight is 507 g/mol. The van der Waals surface area contributed by atoms with Crippen molar-refractivity contribution in [2.75, 3.05) is 0 Å². The maximum atomic E-state index is 11.6. The van der Waals surface area contributed by atoms with Crippen LogP contribution in [0.2, 0.25) is 5.02 Å². The fourth-order valence-corrected chi connectivity index (χ4v) is 4.26. The fraction of sp³-hybridized carbons (Fsp3) is 0.129. The van der Waals surface area contributed by atoms with Gasteiger partial charge < -0.3 is 9.47 Å². The molecular formula is C31H23ClN2O3. The molecule has 5 nitrogen and oxygen atoms in total. The summed E-state index contributed by atoms with van der Waals surface area (Å²) >= 11 is 6.42. The third kappa shape index (κ3) is 5.64. The predicted molar refractivity (Wildman–Crippen MR) is 144 cm³/mol. The van der Waals surface area contributed by atoms with Crippen LogP contribution in [0.5, 0.6) is 11.5 Å². The van der Waals surface area contributed by atoms with Gasteiger partial charge in [0.15, 0.2) is 6.29 Å². The van der Waals surface area contributed by atoms with Crippen molar-refractivity contribution < 1.29 is 14.3 Å². The Balaban J connectivity index is 1.57. The number of benzene rings is 3. The first kappa shape index (κ1) is 25.5. The molecule has 1 aromatic heterocycles. The summed E-state index contributed by atoms with van der Waals surface area (Å²) in [4.78, 5) is 15.7. The van der Waals surface area contributed by atoms with Crippen molar-refractivity contribution in [3.05, 3.63) is 111 Å². The van der Waals surface area contributed by atoms with E-state index in [2.05, 4.69) is 23.0 Å². The monoisotopic (exact) mass is 506 g/mol. The van der Waals surface area contributed by atoms with Crippen molar-refractivity contribution in [2.24, 2.45) is 0 Å². The van der Waals surface area contributed by atoms with Crippen LogP contribution in [-0.2, 0) is 13.2 Å². The molecule has 0 radical (unpaired) electrons. The van der Waals surface area contributed by atoms with Crippen molar-refractivity contribution in [1.82, 2.24) is 4.98 Å². The smallest absolute Gasteiger partial charge is 0.153 e. The number of aromatic nitrogens is 1. The van der Waals surface area contributed by atoms with E-state index >= 15 is 0 Å². The molecule has 0 unspecified atom stereocenters. The van der Waals surface area contributed by atoms with Crippen LogP contribution in [-0.4, -0.2) is 11.3 Å². The Hall–Kier alpha value is -4.58. The highest BCUT2D eigenvalue weighted by Gasteiger charge is 2.14. The molecule has 1 heterocycles. The highest BCUT2D eigenvalue weighted by molar-refractivity contribution is 6.32. The lowest BCUT2D eigenvalue weighted by Gasteiger charge is -2.16. The van der Waals surface area contributed by atoms with Crippen LogP contribution in [0.25, 0.3) is 11.1 Å². The number of terminal acetylenes is 1. The molecule has 0 fully saturated rings. The van der Waals surface area contributed by atoms with Crippen LogP contribution < -0.4 is 9.47 Å². The van der Waals surface area contributed by atoms with Gasteiger partial charge in [0.1, 0.15) is 30.8 Å². The number of carbonyl (C=O) groups excluding carboxylic acids is 1. The average Bonchev–Trinajstić information content (AvgIpc) is 2.92. The molecule has 0 aliphatic heterocycles. The van der Waals surface area contributed by atoms with Gasteiger partial charge in [0.25, 0.3) is 0 Å². The molecule has 0 N–H and O–H groups in total. The first-order chi connectivity index (χ1) is 17.9. The molecule has 0 saturated carbocycles. The second-order valence-corrected chi connectivity index (χ2v) is 8.83. The number of ether oxygens (including phenoxy) is 2. The quantitative estimate of drug-likeness (QED) is 0.193. The summed E-state index contributed by atoms with van der Waals surface area (Å²) in [7, 11) is 0. The SMILES string of the molecule is C#Cc1cccc(-c2cccc(COc3cc(OCc4cncc(C#N)c4)c(C=O)cc3Cl)c2C)c1C. The zero-order valence-corrected chi connectivity index (χ0v) is 21.2. The Labute approximate surface area is 221 Å². The summed E-state index contributed by atoms with van der Waals surface area (Å²) in [5.41, 5.74) is 7.55. The predicted octanol–water partition coefficient (Wildman–Crippen LogP) is 6.84. The molecule has 3 aromatic carbocycles. The van der Waals surface area contributed by atoms with Gasteiger partial charge in [-0.1, -0.05) is 47.9 Å². The van der Waals surface area contributed by atoms with E-state index in [9.17, 15) is 4.79 Å². The number of nitriles is 1. The number of hydrogen-bond donors (Lipinski definition) is 0. The topological polar surface area (TPSA) is 72.2 Å². The van der Waals surface area contributed by atoms with E-state index in [1.807, 2.05) is 44.2 Å². The Bertz CT molecular complexity index is 1560. The lowest BCUT2D eigenvalue weighted by Crippen LogP contribution is -2.03. The third-order valence-electron chi connectivity index (χ3n) is 6.12. The Morgan fingerprint density at radius 2 is 1.70 bits per heavy atom. The van der Waals surface area contributed by atoms with Crippen LogP contribution in [0.4, 0.5) is 0 Å². The van der Waals surface area contributed by atoms with Gasteiger partial charge in [-0.2, -0.15) is 5.26 Å². The van der Waals surface area contributed by atoms with Crippen LogP contribution in [0.15, 0.2) is 67.0 Å². The zero-order chi connectivity index (χ0) is 26.4. The molecule has 0 saturated heterocycles.